The highest BCUT2D eigenvalue weighted by Gasteiger charge is 2.39. The van der Waals surface area contributed by atoms with Gasteiger partial charge in [-0.15, -0.1) is 11.3 Å². The van der Waals surface area contributed by atoms with E-state index < -0.39 is 0 Å². The van der Waals surface area contributed by atoms with Crippen LogP contribution in [0.5, 0.6) is 11.5 Å². The molecule has 0 radical (unpaired) electrons. The largest absolute Gasteiger partial charge is 0.485 e. The number of nitrogens with zero attached hydrogens (tertiary/aromatic N) is 4. The normalized spacial score (nSPS) is 24.5. The molecule has 0 N–H and O–H groups in total. The number of hydrogen-bond donors (Lipinski definition) is 0. The van der Waals surface area contributed by atoms with Crippen LogP contribution in [-0.4, -0.2) is 59.7 Å². The Morgan fingerprint density at radius 2 is 1.96 bits per heavy atom. The van der Waals surface area contributed by atoms with Crippen molar-refractivity contribution in [3.05, 3.63) is 28.7 Å². The molecular weight excluding hydrogens is 352 g/mol. The summed E-state index contributed by atoms with van der Waals surface area (Å²) in [4.78, 5) is 27.0. The van der Waals surface area contributed by atoms with E-state index in [0.29, 0.717) is 35.5 Å². The fourth-order valence-corrected chi connectivity index (χ4v) is 4.97. The van der Waals surface area contributed by atoms with E-state index >= 15 is 0 Å². The van der Waals surface area contributed by atoms with Crippen LogP contribution in [0.1, 0.15) is 22.5 Å². The zero-order valence-corrected chi connectivity index (χ0v) is 15.2. The Bertz CT molecular complexity index is 812. The SMILES string of the molecule is O=C(c1scc2c1OCCO2)N1C[C@H]2CC[C@@H]1CN(c1ncccn1)C2. The van der Waals surface area contributed by atoms with Crippen LogP contribution < -0.4 is 14.4 Å². The Hall–Kier alpha value is -2.35. The number of aromatic nitrogens is 2. The van der Waals surface area contributed by atoms with Gasteiger partial charge in [-0.25, -0.2) is 9.97 Å². The first-order valence-electron chi connectivity index (χ1n) is 8.99. The average Bonchev–Trinajstić information content (AvgIpc) is 2.90. The summed E-state index contributed by atoms with van der Waals surface area (Å²) in [6.45, 7) is 3.48. The smallest absolute Gasteiger partial charge is 0.268 e. The fourth-order valence-electron chi connectivity index (χ4n) is 4.09. The van der Waals surface area contributed by atoms with Gasteiger partial charge in [-0.05, 0) is 24.8 Å². The topological polar surface area (TPSA) is 67.8 Å². The number of fused-ring (bicyclic) bond motifs is 5. The molecule has 6 rings (SSSR count). The van der Waals surface area contributed by atoms with Crippen molar-refractivity contribution in [2.45, 2.75) is 18.9 Å². The third-order valence-corrected chi connectivity index (χ3v) is 6.23. The summed E-state index contributed by atoms with van der Waals surface area (Å²) >= 11 is 1.42. The predicted molar refractivity (Wildman–Crippen MR) is 97.1 cm³/mol. The quantitative estimate of drug-likeness (QED) is 0.804. The average molecular weight is 372 g/mol. The summed E-state index contributed by atoms with van der Waals surface area (Å²) in [5.41, 5.74) is 0. The highest BCUT2D eigenvalue weighted by molar-refractivity contribution is 7.12. The Morgan fingerprint density at radius 3 is 2.85 bits per heavy atom. The first kappa shape index (κ1) is 15.9. The second-order valence-corrected chi connectivity index (χ2v) is 7.84. The second kappa shape index (κ2) is 6.42. The molecule has 3 fully saturated rings. The molecule has 0 aromatic carbocycles. The van der Waals surface area contributed by atoms with Crippen molar-refractivity contribution in [2.75, 3.05) is 37.7 Å². The molecule has 7 nitrogen and oxygen atoms in total. The molecule has 0 aliphatic carbocycles. The predicted octanol–water partition coefficient (Wildman–Crippen LogP) is 2.05. The molecule has 26 heavy (non-hydrogen) atoms. The van der Waals surface area contributed by atoms with E-state index in [0.717, 1.165) is 38.4 Å². The Kier molecular flexibility index (Phi) is 3.92. The van der Waals surface area contributed by atoms with Crippen LogP contribution in [0.2, 0.25) is 0 Å². The van der Waals surface area contributed by atoms with Crippen LogP contribution in [-0.2, 0) is 0 Å². The van der Waals surface area contributed by atoms with Crippen LogP contribution in [0.3, 0.4) is 0 Å². The lowest BCUT2D eigenvalue weighted by Crippen LogP contribution is -2.47. The van der Waals surface area contributed by atoms with E-state index in [4.69, 9.17) is 9.47 Å². The van der Waals surface area contributed by atoms with Gasteiger partial charge in [0.2, 0.25) is 5.95 Å². The monoisotopic (exact) mass is 372 g/mol. The van der Waals surface area contributed by atoms with Crippen LogP contribution in [0.15, 0.2) is 23.8 Å². The van der Waals surface area contributed by atoms with Crippen LogP contribution in [0.4, 0.5) is 5.95 Å². The minimum absolute atomic E-state index is 0.0623. The second-order valence-electron chi connectivity index (χ2n) is 6.96. The van der Waals surface area contributed by atoms with Crippen molar-refractivity contribution in [1.82, 2.24) is 14.9 Å². The van der Waals surface area contributed by atoms with Crippen molar-refractivity contribution in [3.63, 3.8) is 0 Å². The van der Waals surface area contributed by atoms with Gasteiger partial charge in [0.1, 0.15) is 18.1 Å². The summed E-state index contributed by atoms with van der Waals surface area (Å²) in [5.74, 6) is 2.57. The number of ether oxygens (including phenoxy) is 2. The van der Waals surface area contributed by atoms with Gasteiger partial charge in [0.25, 0.3) is 5.91 Å². The van der Waals surface area contributed by atoms with E-state index in [1.165, 1.54) is 11.3 Å². The van der Waals surface area contributed by atoms with Gasteiger partial charge < -0.3 is 19.3 Å². The van der Waals surface area contributed by atoms with Gasteiger partial charge in [0.15, 0.2) is 11.5 Å². The number of thiophene rings is 1. The number of carbonyl (C=O) groups excluding carboxylic acids is 1. The zero-order valence-electron chi connectivity index (χ0n) is 14.3. The lowest BCUT2D eigenvalue weighted by molar-refractivity contribution is 0.0589. The molecule has 136 valence electrons. The van der Waals surface area contributed by atoms with Gasteiger partial charge in [-0.2, -0.15) is 0 Å². The summed E-state index contributed by atoms with van der Waals surface area (Å²) in [5, 5.41) is 1.88. The highest BCUT2D eigenvalue weighted by Crippen LogP contribution is 2.41. The maximum Gasteiger partial charge on any atom is 0.268 e. The van der Waals surface area contributed by atoms with Crippen molar-refractivity contribution in [1.29, 1.82) is 0 Å². The summed E-state index contributed by atoms with van der Waals surface area (Å²) in [6.07, 6.45) is 5.70. The van der Waals surface area contributed by atoms with Gasteiger partial charge >= 0.3 is 0 Å². The molecule has 4 aliphatic heterocycles. The van der Waals surface area contributed by atoms with Gasteiger partial charge in [-0.1, -0.05) is 0 Å². The molecule has 2 aromatic heterocycles. The minimum Gasteiger partial charge on any atom is -0.485 e. The van der Waals surface area contributed by atoms with Crippen LogP contribution >= 0.6 is 11.3 Å². The Balaban J connectivity index is 1.41. The lowest BCUT2D eigenvalue weighted by Gasteiger charge is -2.36. The number of hydrogen-bond acceptors (Lipinski definition) is 7. The van der Waals surface area contributed by atoms with Crippen LogP contribution in [0.25, 0.3) is 0 Å². The third-order valence-electron chi connectivity index (χ3n) is 5.30. The maximum absolute atomic E-state index is 13.3. The van der Waals surface area contributed by atoms with E-state index in [-0.39, 0.29) is 11.9 Å². The molecule has 2 bridgehead atoms. The van der Waals surface area contributed by atoms with Crippen LogP contribution in [0, 0.1) is 5.92 Å². The third kappa shape index (κ3) is 2.68. The standard InChI is InChI=1S/C18H20N4O3S/c23-17(16-15-14(11-26-16)24-6-7-25-15)22-9-12-2-3-13(22)10-21(8-12)18-19-4-1-5-20-18/h1,4-5,11-13H,2-3,6-10H2/t12-,13+/m0/s1. The van der Waals surface area contributed by atoms with Crippen molar-refractivity contribution in [2.24, 2.45) is 5.92 Å². The zero-order chi connectivity index (χ0) is 17.5. The van der Waals surface area contributed by atoms with E-state index in [9.17, 15) is 4.79 Å². The molecular formula is C18H20N4O3S. The minimum atomic E-state index is 0.0623. The number of rotatable bonds is 2. The first-order valence-corrected chi connectivity index (χ1v) is 9.87. The van der Waals surface area contributed by atoms with Gasteiger partial charge in [0.05, 0.1) is 0 Å². The summed E-state index contributed by atoms with van der Waals surface area (Å²) in [6, 6.07) is 2.00. The van der Waals surface area contributed by atoms with Gasteiger partial charge in [-0.3, -0.25) is 4.79 Å². The molecule has 0 unspecified atom stereocenters. The van der Waals surface area contributed by atoms with E-state index in [1.54, 1.807) is 12.4 Å². The number of anilines is 1. The number of amides is 1. The molecule has 2 atom stereocenters. The Morgan fingerprint density at radius 1 is 1.12 bits per heavy atom. The molecule has 0 spiro atoms. The molecule has 2 aromatic rings. The summed E-state index contributed by atoms with van der Waals surface area (Å²) < 4.78 is 11.3. The number of piperidine rings is 1. The van der Waals surface area contributed by atoms with E-state index in [2.05, 4.69) is 14.9 Å². The maximum atomic E-state index is 13.3. The number of carbonyl (C=O) groups is 1. The van der Waals surface area contributed by atoms with Crippen molar-refractivity contribution < 1.29 is 14.3 Å². The molecule has 6 heterocycles. The molecule has 4 aliphatic rings. The van der Waals surface area contributed by atoms with Crippen molar-refractivity contribution >= 4 is 23.2 Å². The van der Waals surface area contributed by atoms with E-state index in [1.807, 2.05) is 16.3 Å². The molecule has 0 saturated carbocycles. The Labute approximate surface area is 155 Å². The lowest BCUT2D eigenvalue weighted by atomic mass is 9.95. The molecule has 3 saturated heterocycles. The first-order chi connectivity index (χ1) is 12.8. The fraction of sp³-hybridized carbons (Fsp3) is 0.500. The van der Waals surface area contributed by atoms with Gasteiger partial charge in [0, 0.05) is 43.4 Å². The molecule has 8 heteroatoms. The molecule has 1 amide bonds. The van der Waals surface area contributed by atoms with Crippen molar-refractivity contribution in [3.8, 4) is 11.5 Å². The highest BCUT2D eigenvalue weighted by atomic mass is 32.1. The summed E-state index contributed by atoms with van der Waals surface area (Å²) in [7, 11) is 0.